The van der Waals surface area contributed by atoms with Crippen molar-refractivity contribution in [2.45, 2.75) is 0 Å². The second kappa shape index (κ2) is 6.87. The first-order valence-electron chi connectivity index (χ1n) is 5.50. The van der Waals surface area contributed by atoms with E-state index in [1.165, 1.54) is 25.3 Å². The molecule has 1 amide bonds. The van der Waals surface area contributed by atoms with Gasteiger partial charge in [0.1, 0.15) is 11.6 Å². The highest BCUT2D eigenvalue weighted by molar-refractivity contribution is 6.01. The summed E-state index contributed by atoms with van der Waals surface area (Å²) in [5.74, 6) is -0.218. The summed E-state index contributed by atoms with van der Waals surface area (Å²) >= 11 is 0. The fraction of sp³-hybridized carbons (Fsp3) is 0.143. The Bertz CT molecular complexity index is 556. The standard InChI is InChI=1S/C14H14N2O3/c1-3-6-16-14(18)11(9-15)7-10-4-5-13(19-2)12(17)8-10/h3-5,7-8,17H,1,6H2,2H3,(H,16,18). The average Bonchev–Trinajstić information content (AvgIpc) is 2.42. The Morgan fingerprint density at radius 3 is 2.89 bits per heavy atom. The fourth-order valence-electron chi connectivity index (χ4n) is 1.37. The number of nitrogens with zero attached hydrogens (tertiary/aromatic N) is 1. The molecule has 5 nitrogen and oxygen atoms in total. The van der Waals surface area contributed by atoms with Crippen LogP contribution in [-0.4, -0.2) is 24.7 Å². The molecule has 1 aromatic carbocycles. The number of hydrogen-bond acceptors (Lipinski definition) is 4. The van der Waals surface area contributed by atoms with E-state index in [1.807, 2.05) is 6.07 Å². The lowest BCUT2D eigenvalue weighted by molar-refractivity contribution is -0.116. The maximum absolute atomic E-state index is 11.6. The molecule has 1 aromatic rings. The number of nitriles is 1. The number of methoxy groups -OCH3 is 1. The van der Waals surface area contributed by atoms with E-state index in [-0.39, 0.29) is 17.9 Å². The molecule has 0 aliphatic heterocycles. The number of aromatic hydroxyl groups is 1. The molecule has 19 heavy (non-hydrogen) atoms. The van der Waals surface area contributed by atoms with Gasteiger partial charge in [-0.25, -0.2) is 0 Å². The van der Waals surface area contributed by atoms with Gasteiger partial charge in [-0.15, -0.1) is 6.58 Å². The Morgan fingerprint density at radius 1 is 1.63 bits per heavy atom. The zero-order valence-corrected chi connectivity index (χ0v) is 10.5. The lowest BCUT2D eigenvalue weighted by Gasteiger charge is -2.04. The quantitative estimate of drug-likeness (QED) is 0.477. The minimum atomic E-state index is -0.488. The SMILES string of the molecule is C=CCNC(=O)C(C#N)=Cc1ccc(OC)c(O)c1. The zero-order valence-electron chi connectivity index (χ0n) is 10.5. The van der Waals surface area contributed by atoms with Crippen LogP contribution < -0.4 is 10.1 Å². The number of nitrogens with one attached hydrogen (secondary N) is 1. The normalized spacial score (nSPS) is 10.4. The number of phenolic OH excluding ortho intramolecular Hbond substituents is 1. The van der Waals surface area contributed by atoms with Crippen LogP contribution in [0.25, 0.3) is 6.08 Å². The minimum Gasteiger partial charge on any atom is -0.504 e. The van der Waals surface area contributed by atoms with Crippen LogP contribution in [-0.2, 0) is 4.79 Å². The number of rotatable bonds is 5. The number of carbonyl (C=O) groups is 1. The van der Waals surface area contributed by atoms with Crippen molar-refractivity contribution in [3.63, 3.8) is 0 Å². The van der Waals surface area contributed by atoms with Gasteiger partial charge < -0.3 is 15.2 Å². The van der Waals surface area contributed by atoms with Gasteiger partial charge in [0, 0.05) is 6.54 Å². The predicted molar refractivity (Wildman–Crippen MR) is 71.5 cm³/mol. The molecule has 0 unspecified atom stereocenters. The number of hydrogen-bond donors (Lipinski definition) is 2. The molecule has 2 N–H and O–H groups in total. The molecule has 0 atom stereocenters. The summed E-state index contributed by atoms with van der Waals surface area (Å²) in [5.41, 5.74) is 0.481. The molecule has 0 aliphatic rings. The van der Waals surface area contributed by atoms with Crippen molar-refractivity contribution in [1.82, 2.24) is 5.32 Å². The molecular weight excluding hydrogens is 244 g/mol. The van der Waals surface area contributed by atoms with E-state index >= 15 is 0 Å². The first-order valence-corrected chi connectivity index (χ1v) is 5.50. The van der Waals surface area contributed by atoms with Gasteiger partial charge in [-0.1, -0.05) is 12.1 Å². The lowest BCUT2D eigenvalue weighted by atomic mass is 10.1. The van der Waals surface area contributed by atoms with Crippen LogP contribution in [0.5, 0.6) is 11.5 Å². The van der Waals surface area contributed by atoms with E-state index in [0.29, 0.717) is 11.3 Å². The molecule has 0 radical (unpaired) electrons. The van der Waals surface area contributed by atoms with E-state index in [9.17, 15) is 9.90 Å². The van der Waals surface area contributed by atoms with Crippen molar-refractivity contribution in [1.29, 1.82) is 5.26 Å². The summed E-state index contributed by atoms with van der Waals surface area (Å²) in [6.07, 6.45) is 2.91. The number of carbonyl (C=O) groups excluding carboxylic acids is 1. The Hall–Kier alpha value is -2.74. The van der Waals surface area contributed by atoms with Crippen molar-refractivity contribution in [2.75, 3.05) is 13.7 Å². The number of amides is 1. The predicted octanol–water partition coefficient (Wildman–Crippen LogP) is 1.61. The molecule has 0 saturated heterocycles. The lowest BCUT2D eigenvalue weighted by Crippen LogP contribution is -2.24. The van der Waals surface area contributed by atoms with Crippen LogP contribution in [0.3, 0.4) is 0 Å². The largest absolute Gasteiger partial charge is 0.504 e. The van der Waals surface area contributed by atoms with Gasteiger partial charge in [0.25, 0.3) is 5.91 Å². The minimum absolute atomic E-state index is 0.0496. The average molecular weight is 258 g/mol. The van der Waals surface area contributed by atoms with Gasteiger partial charge in [0.15, 0.2) is 11.5 Å². The van der Waals surface area contributed by atoms with Crippen molar-refractivity contribution in [3.05, 3.63) is 42.0 Å². The van der Waals surface area contributed by atoms with Gasteiger partial charge in [0.2, 0.25) is 0 Å². The van der Waals surface area contributed by atoms with E-state index in [0.717, 1.165) is 0 Å². The van der Waals surface area contributed by atoms with Crippen LogP contribution >= 0.6 is 0 Å². The summed E-state index contributed by atoms with van der Waals surface area (Å²) in [6.45, 7) is 3.75. The zero-order chi connectivity index (χ0) is 14.3. The van der Waals surface area contributed by atoms with E-state index in [4.69, 9.17) is 10.00 Å². The maximum atomic E-state index is 11.6. The van der Waals surface area contributed by atoms with E-state index in [1.54, 1.807) is 12.1 Å². The highest BCUT2D eigenvalue weighted by Gasteiger charge is 2.08. The molecule has 5 heteroatoms. The fourth-order valence-corrected chi connectivity index (χ4v) is 1.37. The monoisotopic (exact) mass is 258 g/mol. The van der Waals surface area contributed by atoms with Gasteiger partial charge in [-0.2, -0.15) is 5.26 Å². The Balaban J connectivity index is 2.98. The van der Waals surface area contributed by atoms with Gasteiger partial charge in [0.05, 0.1) is 7.11 Å². The van der Waals surface area contributed by atoms with E-state index in [2.05, 4.69) is 11.9 Å². The molecule has 0 aromatic heterocycles. The topological polar surface area (TPSA) is 82.4 Å². The summed E-state index contributed by atoms with van der Waals surface area (Å²) in [7, 11) is 1.44. The van der Waals surface area contributed by atoms with Crippen LogP contribution in [0.4, 0.5) is 0 Å². The summed E-state index contributed by atoms with van der Waals surface area (Å²) in [4.78, 5) is 11.6. The number of benzene rings is 1. The van der Waals surface area contributed by atoms with Crippen molar-refractivity contribution in [2.24, 2.45) is 0 Å². The molecule has 0 saturated carbocycles. The molecule has 0 heterocycles. The second-order valence-corrected chi connectivity index (χ2v) is 3.60. The van der Waals surface area contributed by atoms with Gasteiger partial charge >= 0.3 is 0 Å². The van der Waals surface area contributed by atoms with Crippen LogP contribution in [0, 0.1) is 11.3 Å². The number of phenols is 1. The molecule has 0 aliphatic carbocycles. The van der Waals surface area contributed by atoms with Crippen molar-refractivity contribution < 1.29 is 14.6 Å². The van der Waals surface area contributed by atoms with Crippen LogP contribution in [0.15, 0.2) is 36.4 Å². The van der Waals surface area contributed by atoms with Crippen molar-refractivity contribution >= 4 is 12.0 Å². The highest BCUT2D eigenvalue weighted by atomic mass is 16.5. The third kappa shape index (κ3) is 3.89. The van der Waals surface area contributed by atoms with Crippen LogP contribution in [0.1, 0.15) is 5.56 Å². The number of ether oxygens (including phenoxy) is 1. The third-order valence-corrected chi connectivity index (χ3v) is 2.29. The van der Waals surface area contributed by atoms with Gasteiger partial charge in [-0.3, -0.25) is 4.79 Å². The molecular formula is C14H14N2O3. The summed E-state index contributed by atoms with van der Waals surface area (Å²) in [6, 6.07) is 6.41. The molecule has 0 spiro atoms. The van der Waals surface area contributed by atoms with Crippen LogP contribution in [0.2, 0.25) is 0 Å². The highest BCUT2D eigenvalue weighted by Crippen LogP contribution is 2.27. The first-order chi connectivity index (χ1) is 9.12. The Labute approximate surface area is 111 Å². The molecule has 98 valence electrons. The summed E-state index contributed by atoms with van der Waals surface area (Å²) < 4.78 is 4.91. The third-order valence-electron chi connectivity index (χ3n) is 2.29. The second-order valence-electron chi connectivity index (χ2n) is 3.60. The smallest absolute Gasteiger partial charge is 0.262 e. The Kier molecular flexibility index (Phi) is 5.17. The first kappa shape index (κ1) is 14.3. The Morgan fingerprint density at radius 2 is 2.37 bits per heavy atom. The molecule has 0 bridgehead atoms. The van der Waals surface area contributed by atoms with E-state index < -0.39 is 5.91 Å². The molecule has 1 rings (SSSR count). The summed E-state index contributed by atoms with van der Waals surface area (Å²) in [5, 5.41) is 21.0. The molecule has 0 fully saturated rings. The van der Waals surface area contributed by atoms with Gasteiger partial charge in [-0.05, 0) is 23.8 Å². The van der Waals surface area contributed by atoms with Crippen molar-refractivity contribution in [3.8, 4) is 17.6 Å². The maximum Gasteiger partial charge on any atom is 0.262 e.